The number of benzene rings is 2. The van der Waals surface area contributed by atoms with E-state index in [1.165, 1.54) is 13.8 Å². The van der Waals surface area contributed by atoms with Crippen LogP contribution in [0.4, 0.5) is 0 Å². The molecule has 0 fully saturated rings. The van der Waals surface area contributed by atoms with Gasteiger partial charge in [-0.15, -0.1) is 13.2 Å². The van der Waals surface area contributed by atoms with Crippen molar-refractivity contribution in [3.63, 3.8) is 0 Å². The van der Waals surface area contributed by atoms with Gasteiger partial charge in [0.2, 0.25) is 0 Å². The van der Waals surface area contributed by atoms with Gasteiger partial charge in [-0.1, -0.05) is 72.8 Å². The molecule has 0 aromatic heterocycles. The van der Waals surface area contributed by atoms with Crippen molar-refractivity contribution in [2.24, 2.45) is 0 Å². The van der Waals surface area contributed by atoms with Crippen LogP contribution < -0.4 is 0 Å². The predicted molar refractivity (Wildman–Crippen MR) is 131 cm³/mol. The maximum Gasteiger partial charge on any atom is 0.303 e. The van der Waals surface area contributed by atoms with E-state index in [1.807, 2.05) is 60.7 Å². The maximum atomic E-state index is 12.1. The zero-order chi connectivity index (χ0) is 24.8. The Labute approximate surface area is 202 Å². The van der Waals surface area contributed by atoms with E-state index in [-0.39, 0.29) is 0 Å². The zero-order valence-corrected chi connectivity index (χ0v) is 19.9. The fourth-order valence-electron chi connectivity index (χ4n) is 3.57. The Bertz CT molecular complexity index is 820. The van der Waals surface area contributed by atoms with Crippen LogP contribution in [0.2, 0.25) is 0 Å². The van der Waals surface area contributed by atoms with Gasteiger partial charge < -0.3 is 18.9 Å². The Morgan fingerprint density at radius 3 is 1.35 bits per heavy atom. The molecule has 182 valence electrons. The molecular formula is C28H34O6. The summed E-state index contributed by atoms with van der Waals surface area (Å²) in [5, 5.41) is 0. The summed E-state index contributed by atoms with van der Waals surface area (Å²) in [6, 6.07) is 19.3. The number of hydrogen-bond donors (Lipinski definition) is 0. The topological polar surface area (TPSA) is 71.1 Å². The highest BCUT2D eigenvalue weighted by Crippen LogP contribution is 2.24. The summed E-state index contributed by atoms with van der Waals surface area (Å²) >= 11 is 0. The Morgan fingerprint density at radius 1 is 0.706 bits per heavy atom. The van der Waals surface area contributed by atoms with Crippen LogP contribution in [0.5, 0.6) is 0 Å². The van der Waals surface area contributed by atoms with E-state index in [1.54, 1.807) is 12.2 Å². The molecule has 0 aliphatic heterocycles. The third-order valence-corrected chi connectivity index (χ3v) is 5.07. The van der Waals surface area contributed by atoms with Gasteiger partial charge in [0.05, 0.1) is 13.2 Å². The molecule has 0 saturated heterocycles. The second-order valence-electron chi connectivity index (χ2n) is 7.87. The van der Waals surface area contributed by atoms with Gasteiger partial charge in [-0.05, 0) is 24.0 Å². The van der Waals surface area contributed by atoms with Gasteiger partial charge in [-0.25, -0.2) is 0 Å². The summed E-state index contributed by atoms with van der Waals surface area (Å²) in [6.07, 6.45) is 1.07. The summed E-state index contributed by atoms with van der Waals surface area (Å²) in [4.78, 5) is 24.2. The molecule has 1 unspecified atom stereocenters. The smallest absolute Gasteiger partial charge is 0.303 e. The minimum atomic E-state index is -0.913. The lowest BCUT2D eigenvalue weighted by molar-refractivity contribution is -0.196. The van der Waals surface area contributed by atoms with Crippen molar-refractivity contribution >= 4 is 11.9 Å². The lowest BCUT2D eigenvalue weighted by atomic mass is 9.97. The van der Waals surface area contributed by atoms with Crippen LogP contribution in [0.3, 0.4) is 0 Å². The van der Waals surface area contributed by atoms with Crippen LogP contribution in [0, 0.1) is 0 Å². The number of carbonyl (C=O) groups excluding carboxylic acids is 2. The summed E-state index contributed by atoms with van der Waals surface area (Å²) < 4.78 is 23.7. The number of carbonyl (C=O) groups is 2. The molecule has 34 heavy (non-hydrogen) atoms. The van der Waals surface area contributed by atoms with Gasteiger partial charge in [0.15, 0.2) is 12.2 Å². The van der Waals surface area contributed by atoms with Crippen LogP contribution in [0.25, 0.3) is 0 Å². The van der Waals surface area contributed by atoms with Crippen LogP contribution in [0.1, 0.15) is 37.8 Å². The normalized spacial score (nSPS) is 14.3. The zero-order valence-electron chi connectivity index (χ0n) is 19.9. The summed E-state index contributed by atoms with van der Waals surface area (Å²) in [7, 11) is 0. The Hall–Kier alpha value is -3.22. The second kappa shape index (κ2) is 14.8. The SMILES string of the molecule is C=CC[C@@H](OCc1ccccc1)C(OC(C)=O)[C@H](OC(C)=O)[C@@H](CC=C)OCc1ccccc1. The van der Waals surface area contributed by atoms with Crippen molar-refractivity contribution < 1.29 is 28.5 Å². The largest absolute Gasteiger partial charge is 0.456 e. The lowest BCUT2D eigenvalue weighted by Gasteiger charge is -2.36. The number of rotatable bonds is 15. The van der Waals surface area contributed by atoms with Gasteiger partial charge in [0.1, 0.15) is 12.2 Å². The summed E-state index contributed by atoms with van der Waals surface area (Å²) in [6.45, 7) is 10.8. The van der Waals surface area contributed by atoms with Crippen LogP contribution >= 0.6 is 0 Å². The molecular weight excluding hydrogens is 432 g/mol. The van der Waals surface area contributed by atoms with Crippen molar-refractivity contribution in [3.8, 4) is 0 Å². The predicted octanol–water partition coefficient (Wildman–Crippen LogP) is 5.17. The van der Waals surface area contributed by atoms with E-state index in [0.29, 0.717) is 26.1 Å². The average Bonchev–Trinajstić information content (AvgIpc) is 2.83. The van der Waals surface area contributed by atoms with Gasteiger partial charge in [-0.2, -0.15) is 0 Å². The second-order valence-corrected chi connectivity index (χ2v) is 7.87. The molecule has 0 bridgehead atoms. The maximum absolute atomic E-state index is 12.1. The Kier molecular flexibility index (Phi) is 11.8. The van der Waals surface area contributed by atoms with Crippen molar-refractivity contribution in [2.45, 2.75) is 64.3 Å². The number of hydrogen-bond acceptors (Lipinski definition) is 6. The quantitative estimate of drug-likeness (QED) is 0.266. The van der Waals surface area contributed by atoms with E-state index in [2.05, 4.69) is 13.2 Å². The van der Waals surface area contributed by atoms with Crippen LogP contribution in [-0.4, -0.2) is 36.4 Å². The van der Waals surface area contributed by atoms with Gasteiger partial charge in [0.25, 0.3) is 0 Å². The molecule has 6 nitrogen and oxygen atoms in total. The molecule has 0 aliphatic carbocycles. The van der Waals surface area contributed by atoms with E-state index in [4.69, 9.17) is 18.9 Å². The van der Waals surface area contributed by atoms with E-state index < -0.39 is 36.4 Å². The highest BCUT2D eigenvalue weighted by atomic mass is 16.6. The van der Waals surface area contributed by atoms with Gasteiger partial charge in [0, 0.05) is 13.8 Å². The van der Waals surface area contributed by atoms with E-state index >= 15 is 0 Å². The van der Waals surface area contributed by atoms with Crippen molar-refractivity contribution in [3.05, 3.63) is 97.1 Å². The van der Waals surface area contributed by atoms with Crippen LogP contribution in [-0.2, 0) is 41.8 Å². The number of ether oxygens (including phenoxy) is 4. The minimum Gasteiger partial charge on any atom is -0.456 e. The van der Waals surface area contributed by atoms with E-state index in [0.717, 1.165) is 11.1 Å². The lowest BCUT2D eigenvalue weighted by Crippen LogP contribution is -2.50. The fourth-order valence-corrected chi connectivity index (χ4v) is 3.57. The summed E-state index contributed by atoms with van der Waals surface area (Å²) in [5.41, 5.74) is 1.93. The highest BCUT2D eigenvalue weighted by molar-refractivity contribution is 5.67. The van der Waals surface area contributed by atoms with Gasteiger partial charge in [-0.3, -0.25) is 9.59 Å². The molecule has 0 aliphatic rings. The first-order chi connectivity index (χ1) is 16.4. The standard InChI is InChI=1S/C28H34O6/c1-5-13-25(31-19-23-15-9-7-10-16-23)27(33-21(3)29)28(34-22(4)30)26(14-6-2)32-20-24-17-11-8-12-18-24/h5-12,15-18,25-28H,1-2,13-14,19-20H2,3-4H3/t25-,26-,27-,28?/m1/s1. The van der Waals surface area contributed by atoms with Crippen molar-refractivity contribution in [2.75, 3.05) is 0 Å². The first kappa shape index (κ1) is 27.0. The molecule has 2 aromatic rings. The molecule has 0 heterocycles. The monoisotopic (exact) mass is 466 g/mol. The molecule has 0 N–H and O–H groups in total. The fraction of sp³-hybridized carbons (Fsp3) is 0.357. The van der Waals surface area contributed by atoms with Crippen molar-refractivity contribution in [1.82, 2.24) is 0 Å². The third kappa shape index (κ3) is 9.33. The Morgan fingerprint density at radius 2 is 1.06 bits per heavy atom. The molecule has 4 atom stereocenters. The third-order valence-electron chi connectivity index (χ3n) is 5.07. The molecule has 0 saturated carbocycles. The van der Waals surface area contributed by atoms with E-state index in [9.17, 15) is 9.59 Å². The first-order valence-corrected chi connectivity index (χ1v) is 11.3. The average molecular weight is 467 g/mol. The molecule has 2 rings (SSSR count). The Balaban J connectivity index is 2.33. The molecule has 0 amide bonds. The van der Waals surface area contributed by atoms with Crippen LogP contribution in [0.15, 0.2) is 86.0 Å². The molecule has 2 aromatic carbocycles. The number of esters is 2. The molecule has 6 heteroatoms. The summed E-state index contributed by atoms with van der Waals surface area (Å²) in [5.74, 6) is -1.03. The first-order valence-electron chi connectivity index (χ1n) is 11.3. The minimum absolute atomic E-state index is 0.293. The molecule has 0 spiro atoms. The van der Waals surface area contributed by atoms with Gasteiger partial charge >= 0.3 is 11.9 Å². The van der Waals surface area contributed by atoms with Crippen molar-refractivity contribution in [1.29, 1.82) is 0 Å². The molecule has 0 radical (unpaired) electrons. The highest BCUT2D eigenvalue weighted by Gasteiger charge is 2.40.